The number of ether oxygens (including phenoxy) is 2. The number of likely N-dealkylation sites (tertiary alicyclic amines) is 1. The van der Waals surface area contributed by atoms with Crippen LogP contribution in [-0.4, -0.2) is 42.3 Å². The molecule has 0 aromatic heterocycles. The number of carbonyl (C=O) groups excluding carboxylic acids is 2. The first kappa shape index (κ1) is 16.8. The highest BCUT2D eigenvalue weighted by Crippen LogP contribution is 2.20. The van der Waals surface area contributed by atoms with Crippen molar-refractivity contribution < 1.29 is 19.1 Å². The summed E-state index contributed by atoms with van der Waals surface area (Å²) in [4.78, 5) is 24.9. The highest BCUT2D eigenvalue weighted by atomic mass is 16.6. The number of rotatable bonds is 6. The topological polar surface area (TPSA) is 55.8 Å². The fourth-order valence-corrected chi connectivity index (χ4v) is 1.92. The van der Waals surface area contributed by atoms with Gasteiger partial charge in [0.15, 0.2) is 0 Å². The molecule has 0 N–H and O–H groups in total. The standard InChI is InChI=1S/C15H27NO4/c1-5-6-7-8-9-19-13(17)12-10-16(11-12)14(18)20-15(2,3)4/h12H,5-11H2,1-4H3. The van der Waals surface area contributed by atoms with Crippen LogP contribution in [0.5, 0.6) is 0 Å². The summed E-state index contributed by atoms with van der Waals surface area (Å²) < 4.78 is 10.4. The summed E-state index contributed by atoms with van der Waals surface area (Å²) >= 11 is 0. The Labute approximate surface area is 121 Å². The minimum absolute atomic E-state index is 0.186. The van der Waals surface area contributed by atoms with Gasteiger partial charge in [-0.15, -0.1) is 0 Å². The summed E-state index contributed by atoms with van der Waals surface area (Å²) in [5, 5.41) is 0. The van der Waals surface area contributed by atoms with Gasteiger partial charge < -0.3 is 14.4 Å². The van der Waals surface area contributed by atoms with Crippen molar-refractivity contribution in [2.45, 2.75) is 59.0 Å². The molecule has 0 aromatic carbocycles. The number of hydrogen-bond donors (Lipinski definition) is 0. The normalized spacial score (nSPS) is 15.7. The van der Waals surface area contributed by atoms with Crippen LogP contribution in [0.15, 0.2) is 0 Å². The predicted octanol–water partition coefficient (Wildman–Crippen LogP) is 2.98. The number of amides is 1. The summed E-state index contributed by atoms with van der Waals surface area (Å²) in [5.41, 5.74) is -0.498. The molecule has 1 saturated heterocycles. The second-order valence-corrected chi connectivity index (χ2v) is 6.31. The molecule has 0 saturated carbocycles. The number of hydrogen-bond acceptors (Lipinski definition) is 4. The molecule has 0 unspecified atom stereocenters. The lowest BCUT2D eigenvalue weighted by Gasteiger charge is -2.38. The van der Waals surface area contributed by atoms with Crippen molar-refractivity contribution in [2.75, 3.05) is 19.7 Å². The Bertz CT molecular complexity index is 329. The van der Waals surface area contributed by atoms with Crippen LogP contribution in [0, 0.1) is 5.92 Å². The summed E-state index contributed by atoms with van der Waals surface area (Å²) in [6.07, 6.45) is 4.00. The molecular formula is C15H27NO4. The number of nitrogens with zero attached hydrogens (tertiary/aromatic N) is 1. The maximum absolute atomic E-state index is 11.7. The maximum Gasteiger partial charge on any atom is 0.410 e. The van der Waals surface area contributed by atoms with E-state index in [-0.39, 0.29) is 18.0 Å². The van der Waals surface area contributed by atoms with Crippen LogP contribution in [-0.2, 0) is 14.3 Å². The van der Waals surface area contributed by atoms with Crippen LogP contribution in [0.1, 0.15) is 53.4 Å². The third-order valence-electron chi connectivity index (χ3n) is 3.11. The first-order valence-electron chi connectivity index (χ1n) is 7.48. The van der Waals surface area contributed by atoms with Crippen molar-refractivity contribution in [1.82, 2.24) is 4.90 Å². The molecule has 0 radical (unpaired) electrons. The Morgan fingerprint density at radius 2 is 1.80 bits per heavy atom. The quantitative estimate of drug-likeness (QED) is 0.556. The van der Waals surface area contributed by atoms with Crippen LogP contribution in [0.3, 0.4) is 0 Å². The molecule has 1 amide bonds. The van der Waals surface area contributed by atoms with Crippen LogP contribution >= 0.6 is 0 Å². The summed E-state index contributed by atoms with van der Waals surface area (Å²) in [5.74, 6) is -0.380. The molecular weight excluding hydrogens is 258 g/mol. The molecule has 1 rings (SSSR count). The second-order valence-electron chi connectivity index (χ2n) is 6.31. The zero-order chi connectivity index (χ0) is 15.2. The van der Waals surface area contributed by atoms with E-state index in [1.165, 1.54) is 17.7 Å². The average Bonchev–Trinajstić information content (AvgIpc) is 2.24. The highest BCUT2D eigenvalue weighted by Gasteiger charge is 2.38. The van der Waals surface area contributed by atoms with Crippen molar-refractivity contribution in [3.63, 3.8) is 0 Å². The second kappa shape index (κ2) is 7.50. The minimum atomic E-state index is -0.498. The molecule has 0 aliphatic carbocycles. The summed E-state index contributed by atoms with van der Waals surface area (Å²) in [7, 11) is 0. The lowest BCUT2D eigenvalue weighted by Crippen LogP contribution is -2.54. The van der Waals surface area contributed by atoms with Crippen LogP contribution in [0.25, 0.3) is 0 Å². The molecule has 0 aromatic rings. The monoisotopic (exact) mass is 285 g/mol. The van der Waals surface area contributed by atoms with Gasteiger partial charge in [-0.05, 0) is 27.2 Å². The van der Waals surface area contributed by atoms with E-state index >= 15 is 0 Å². The predicted molar refractivity (Wildman–Crippen MR) is 76.4 cm³/mol. The molecule has 0 atom stereocenters. The van der Waals surface area contributed by atoms with Crippen molar-refractivity contribution >= 4 is 12.1 Å². The molecule has 20 heavy (non-hydrogen) atoms. The Morgan fingerprint density at radius 3 is 2.35 bits per heavy atom. The Balaban J connectivity index is 2.14. The largest absolute Gasteiger partial charge is 0.465 e. The van der Waals surface area contributed by atoms with Gasteiger partial charge >= 0.3 is 12.1 Å². The van der Waals surface area contributed by atoms with Crippen molar-refractivity contribution in [3.8, 4) is 0 Å². The molecule has 1 aliphatic rings. The van der Waals surface area contributed by atoms with Gasteiger partial charge in [0.2, 0.25) is 0 Å². The number of carbonyl (C=O) groups is 2. The zero-order valence-corrected chi connectivity index (χ0v) is 13.1. The molecule has 0 spiro atoms. The van der Waals surface area contributed by atoms with Crippen LogP contribution < -0.4 is 0 Å². The van der Waals surface area contributed by atoms with Crippen molar-refractivity contribution in [3.05, 3.63) is 0 Å². The highest BCUT2D eigenvalue weighted by molar-refractivity contribution is 5.78. The van der Waals surface area contributed by atoms with Gasteiger partial charge in [-0.2, -0.15) is 0 Å². The van der Waals surface area contributed by atoms with Gasteiger partial charge in [-0.25, -0.2) is 4.79 Å². The maximum atomic E-state index is 11.7. The van der Waals surface area contributed by atoms with Crippen molar-refractivity contribution in [1.29, 1.82) is 0 Å². The minimum Gasteiger partial charge on any atom is -0.465 e. The fraction of sp³-hybridized carbons (Fsp3) is 0.867. The fourth-order valence-electron chi connectivity index (χ4n) is 1.92. The van der Waals surface area contributed by atoms with E-state index in [9.17, 15) is 9.59 Å². The molecule has 5 nitrogen and oxygen atoms in total. The SMILES string of the molecule is CCCCCCOC(=O)C1CN(C(=O)OC(C)(C)C)C1. The third-order valence-corrected chi connectivity index (χ3v) is 3.11. The van der Waals surface area contributed by atoms with E-state index in [4.69, 9.17) is 9.47 Å². The smallest absolute Gasteiger partial charge is 0.410 e. The zero-order valence-electron chi connectivity index (χ0n) is 13.1. The Hall–Kier alpha value is -1.26. The molecule has 5 heteroatoms. The van der Waals surface area contributed by atoms with Gasteiger partial charge in [0.1, 0.15) is 5.60 Å². The number of esters is 1. The van der Waals surface area contributed by atoms with E-state index in [2.05, 4.69) is 6.92 Å². The Morgan fingerprint density at radius 1 is 1.15 bits per heavy atom. The van der Waals surface area contributed by atoms with E-state index in [0.29, 0.717) is 19.7 Å². The molecule has 116 valence electrons. The first-order valence-corrected chi connectivity index (χ1v) is 7.48. The van der Waals surface area contributed by atoms with Gasteiger partial charge in [0, 0.05) is 13.1 Å². The molecule has 1 fully saturated rings. The van der Waals surface area contributed by atoms with Gasteiger partial charge in [0.25, 0.3) is 0 Å². The van der Waals surface area contributed by atoms with Gasteiger partial charge in [-0.1, -0.05) is 26.2 Å². The van der Waals surface area contributed by atoms with Crippen LogP contribution in [0.4, 0.5) is 4.79 Å². The number of unbranched alkanes of at least 4 members (excludes halogenated alkanes) is 3. The van der Waals surface area contributed by atoms with E-state index in [1.54, 1.807) is 0 Å². The van der Waals surface area contributed by atoms with Gasteiger partial charge in [0.05, 0.1) is 12.5 Å². The summed E-state index contributed by atoms with van der Waals surface area (Å²) in [6.45, 7) is 8.92. The molecule has 1 aliphatic heterocycles. The van der Waals surface area contributed by atoms with E-state index in [1.807, 2.05) is 20.8 Å². The van der Waals surface area contributed by atoms with E-state index < -0.39 is 5.60 Å². The lowest BCUT2D eigenvalue weighted by atomic mass is 10.0. The molecule has 0 bridgehead atoms. The summed E-state index contributed by atoms with van der Waals surface area (Å²) in [6, 6.07) is 0. The van der Waals surface area contributed by atoms with Crippen molar-refractivity contribution in [2.24, 2.45) is 5.92 Å². The van der Waals surface area contributed by atoms with Gasteiger partial charge in [-0.3, -0.25) is 4.79 Å². The van der Waals surface area contributed by atoms with Crippen LogP contribution in [0.2, 0.25) is 0 Å². The lowest BCUT2D eigenvalue weighted by molar-refractivity contribution is -0.153. The third kappa shape index (κ3) is 5.80. The Kier molecular flexibility index (Phi) is 6.30. The average molecular weight is 285 g/mol. The first-order chi connectivity index (χ1) is 9.33. The molecule has 1 heterocycles. The van der Waals surface area contributed by atoms with E-state index in [0.717, 1.165) is 12.8 Å².